The fourth-order valence-electron chi connectivity index (χ4n) is 3.42. The van der Waals surface area contributed by atoms with Crippen LogP contribution in [0.5, 0.6) is 5.75 Å². The topological polar surface area (TPSA) is 68.9 Å². The number of nitrogens with zero attached hydrogens (tertiary/aromatic N) is 2. The average Bonchev–Trinajstić information content (AvgIpc) is 3.40. The Hall–Kier alpha value is -3.99. The molecule has 0 unspecified atom stereocenters. The number of nitrogen functional groups attached to an aromatic ring is 1. The summed E-state index contributed by atoms with van der Waals surface area (Å²) in [5.74, 6) is 1.62. The van der Waals surface area contributed by atoms with Crippen molar-refractivity contribution in [1.82, 2.24) is 14.5 Å². The van der Waals surface area contributed by atoms with Crippen LogP contribution >= 0.6 is 0 Å². The second-order valence-corrected chi connectivity index (χ2v) is 6.90. The number of anilines is 1. The Balaban J connectivity index is 1.35. The number of aromatic nitrogens is 3. The quantitative estimate of drug-likeness (QED) is 0.413. The van der Waals surface area contributed by atoms with E-state index in [-0.39, 0.29) is 0 Å². The van der Waals surface area contributed by atoms with Gasteiger partial charge in [-0.2, -0.15) is 0 Å². The lowest BCUT2D eigenvalue weighted by atomic mass is 10.1. The number of nitrogens with two attached hydrogens (primary N) is 1. The maximum atomic E-state index is 5.96. The third-order valence-electron chi connectivity index (χ3n) is 4.92. The standard InChI is InChI=1S/C24H20N4O/c25-19-9-6-18-12-13-28(23(18)14-19)20-10-7-17(8-11-20)22-15-26-24(27-22)16-29-21-4-2-1-3-5-21/h1-15H,16,25H2,(H,26,27). The Morgan fingerprint density at radius 3 is 2.59 bits per heavy atom. The van der Waals surface area contributed by atoms with Crippen LogP contribution in [0.1, 0.15) is 5.82 Å². The first-order valence-electron chi connectivity index (χ1n) is 9.45. The number of imidazole rings is 1. The van der Waals surface area contributed by atoms with E-state index in [0.29, 0.717) is 6.61 Å². The molecule has 0 fully saturated rings. The number of nitrogens with one attached hydrogen (secondary N) is 1. The smallest absolute Gasteiger partial charge is 0.146 e. The van der Waals surface area contributed by atoms with Crippen LogP contribution in [0.3, 0.4) is 0 Å². The van der Waals surface area contributed by atoms with E-state index in [2.05, 4.69) is 51.1 Å². The van der Waals surface area contributed by atoms with Crippen molar-refractivity contribution in [3.8, 4) is 22.7 Å². The van der Waals surface area contributed by atoms with E-state index in [9.17, 15) is 0 Å². The Morgan fingerprint density at radius 1 is 0.931 bits per heavy atom. The molecule has 0 amide bonds. The van der Waals surface area contributed by atoms with Gasteiger partial charge < -0.3 is 20.0 Å². The maximum absolute atomic E-state index is 5.96. The molecule has 0 saturated carbocycles. The van der Waals surface area contributed by atoms with E-state index >= 15 is 0 Å². The highest BCUT2D eigenvalue weighted by Gasteiger charge is 2.07. The van der Waals surface area contributed by atoms with Gasteiger partial charge in [0.2, 0.25) is 0 Å². The number of para-hydroxylation sites is 1. The Morgan fingerprint density at radius 2 is 1.76 bits per heavy atom. The molecular formula is C24H20N4O. The summed E-state index contributed by atoms with van der Waals surface area (Å²) < 4.78 is 7.89. The number of aromatic amines is 1. The molecule has 5 aromatic rings. The molecule has 3 aromatic carbocycles. The van der Waals surface area contributed by atoms with E-state index in [4.69, 9.17) is 10.5 Å². The highest BCUT2D eigenvalue weighted by atomic mass is 16.5. The molecule has 2 heterocycles. The van der Waals surface area contributed by atoms with E-state index in [1.54, 1.807) is 0 Å². The molecule has 29 heavy (non-hydrogen) atoms. The molecule has 2 aromatic heterocycles. The van der Waals surface area contributed by atoms with Crippen LogP contribution in [-0.4, -0.2) is 14.5 Å². The predicted octanol–water partition coefficient (Wildman–Crippen LogP) is 5.18. The lowest BCUT2D eigenvalue weighted by Crippen LogP contribution is -1.97. The zero-order chi connectivity index (χ0) is 19.6. The minimum Gasteiger partial charge on any atom is -0.486 e. The van der Waals surface area contributed by atoms with Gasteiger partial charge in [0.05, 0.1) is 17.4 Å². The second-order valence-electron chi connectivity index (χ2n) is 6.90. The molecule has 0 saturated heterocycles. The number of ether oxygens (including phenoxy) is 1. The first-order valence-corrected chi connectivity index (χ1v) is 9.45. The van der Waals surface area contributed by atoms with Crippen LogP contribution in [0.25, 0.3) is 27.8 Å². The van der Waals surface area contributed by atoms with Crippen molar-refractivity contribution in [2.24, 2.45) is 0 Å². The van der Waals surface area contributed by atoms with Gasteiger partial charge in [0.15, 0.2) is 0 Å². The van der Waals surface area contributed by atoms with Gasteiger partial charge in [-0.25, -0.2) is 4.98 Å². The number of H-pyrrole nitrogens is 1. The van der Waals surface area contributed by atoms with Crippen molar-refractivity contribution < 1.29 is 4.74 Å². The first kappa shape index (κ1) is 17.1. The Bertz CT molecular complexity index is 1250. The zero-order valence-electron chi connectivity index (χ0n) is 15.7. The Labute approximate surface area is 168 Å². The van der Waals surface area contributed by atoms with Crippen molar-refractivity contribution in [2.45, 2.75) is 6.61 Å². The van der Waals surface area contributed by atoms with Gasteiger partial charge in [-0.15, -0.1) is 0 Å². The summed E-state index contributed by atoms with van der Waals surface area (Å²) in [7, 11) is 0. The predicted molar refractivity (Wildman–Crippen MR) is 116 cm³/mol. The molecule has 5 nitrogen and oxygen atoms in total. The summed E-state index contributed by atoms with van der Waals surface area (Å²) in [5.41, 5.74) is 10.9. The summed E-state index contributed by atoms with van der Waals surface area (Å²) in [4.78, 5) is 7.76. The summed E-state index contributed by atoms with van der Waals surface area (Å²) in [6, 6.07) is 26.2. The van der Waals surface area contributed by atoms with Crippen LogP contribution in [0, 0.1) is 0 Å². The SMILES string of the molecule is Nc1ccc2ccn(-c3ccc(-c4cnc(COc5ccccc5)[nH]4)cc3)c2c1. The lowest BCUT2D eigenvalue weighted by Gasteiger charge is -2.07. The Kier molecular flexibility index (Phi) is 4.26. The molecule has 3 N–H and O–H groups in total. The van der Waals surface area contributed by atoms with E-state index in [1.165, 1.54) is 5.39 Å². The third-order valence-corrected chi connectivity index (χ3v) is 4.92. The summed E-state index contributed by atoms with van der Waals surface area (Å²) >= 11 is 0. The van der Waals surface area contributed by atoms with Gasteiger partial charge >= 0.3 is 0 Å². The van der Waals surface area contributed by atoms with Crippen LogP contribution in [0.15, 0.2) is 91.3 Å². The second kappa shape index (κ2) is 7.20. The van der Waals surface area contributed by atoms with E-state index < -0.39 is 0 Å². The molecule has 0 radical (unpaired) electrons. The fourth-order valence-corrected chi connectivity index (χ4v) is 3.42. The first-order chi connectivity index (χ1) is 14.3. The third kappa shape index (κ3) is 3.46. The van der Waals surface area contributed by atoms with Crippen molar-refractivity contribution in [2.75, 3.05) is 5.73 Å². The molecule has 0 atom stereocenters. The van der Waals surface area contributed by atoms with E-state index in [0.717, 1.165) is 39.7 Å². The average molecular weight is 380 g/mol. The van der Waals surface area contributed by atoms with Gasteiger partial charge in [0, 0.05) is 23.0 Å². The zero-order valence-corrected chi connectivity index (χ0v) is 15.7. The van der Waals surface area contributed by atoms with Crippen molar-refractivity contribution >= 4 is 16.6 Å². The highest BCUT2D eigenvalue weighted by molar-refractivity contribution is 5.85. The van der Waals surface area contributed by atoms with Crippen LogP contribution in [0.4, 0.5) is 5.69 Å². The van der Waals surface area contributed by atoms with Crippen LogP contribution in [0.2, 0.25) is 0 Å². The molecule has 5 heteroatoms. The normalized spacial score (nSPS) is 11.0. The molecule has 0 aliphatic carbocycles. The number of fused-ring (bicyclic) bond motifs is 1. The molecule has 0 aliphatic heterocycles. The molecule has 0 spiro atoms. The van der Waals surface area contributed by atoms with Crippen LogP contribution in [-0.2, 0) is 6.61 Å². The number of benzene rings is 3. The molecule has 142 valence electrons. The maximum Gasteiger partial charge on any atom is 0.146 e. The largest absolute Gasteiger partial charge is 0.486 e. The monoisotopic (exact) mass is 380 g/mol. The summed E-state index contributed by atoms with van der Waals surface area (Å²) in [5, 5.41) is 1.17. The minimum atomic E-state index is 0.402. The fraction of sp³-hybridized carbons (Fsp3) is 0.0417. The highest BCUT2D eigenvalue weighted by Crippen LogP contribution is 2.25. The number of hydrogen-bond donors (Lipinski definition) is 2. The lowest BCUT2D eigenvalue weighted by molar-refractivity contribution is 0.297. The number of rotatable bonds is 5. The van der Waals surface area contributed by atoms with Gasteiger partial charge in [0.1, 0.15) is 18.2 Å². The molecule has 0 aliphatic rings. The van der Waals surface area contributed by atoms with Crippen molar-refractivity contribution in [3.63, 3.8) is 0 Å². The van der Waals surface area contributed by atoms with Crippen LogP contribution < -0.4 is 10.5 Å². The summed E-state index contributed by atoms with van der Waals surface area (Å²) in [6.45, 7) is 0.402. The molecule has 5 rings (SSSR count). The molecule has 0 bridgehead atoms. The molecular weight excluding hydrogens is 360 g/mol. The van der Waals surface area contributed by atoms with Crippen molar-refractivity contribution in [3.05, 3.63) is 97.1 Å². The van der Waals surface area contributed by atoms with Crippen molar-refractivity contribution in [1.29, 1.82) is 0 Å². The summed E-state index contributed by atoms with van der Waals surface area (Å²) in [6.07, 6.45) is 3.90. The van der Waals surface area contributed by atoms with E-state index in [1.807, 2.05) is 54.7 Å². The van der Waals surface area contributed by atoms with Gasteiger partial charge in [-0.1, -0.05) is 36.4 Å². The minimum absolute atomic E-state index is 0.402. The number of hydrogen-bond acceptors (Lipinski definition) is 3. The van der Waals surface area contributed by atoms with Gasteiger partial charge in [-0.05, 0) is 48.0 Å². The van der Waals surface area contributed by atoms with Gasteiger partial charge in [0.25, 0.3) is 0 Å². The van der Waals surface area contributed by atoms with Gasteiger partial charge in [-0.3, -0.25) is 0 Å².